The summed E-state index contributed by atoms with van der Waals surface area (Å²) in [6, 6.07) is 5.55. The Balaban J connectivity index is 2.16. The minimum atomic E-state index is 0.296. The van der Waals surface area contributed by atoms with Crippen LogP contribution < -0.4 is 5.32 Å². The molecule has 2 unspecified atom stereocenters. The van der Waals surface area contributed by atoms with Gasteiger partial charge in [-0.15, -0.1) is 11.3 Å². The minimum absolute atomic E-state index is 0.296. The highest BCUT2D eigenvalue weighted by molar-refractivity contribution is 9.11. The van der Waals surface area contributed by atoms with E-state index in [0.29, 0.717) is 22.9 Å². The van der Waals surface area contributed by atoms with Gasteiger partial charge in [-0.25, -0.2) is 0 Å². The number of halogens is 1. The summed E-state index contributed by atoms with van der Waals surface area (Å²) in [6.45, 7) is 17.3. The lowest BCUT2D eigenvalue weighted by Gasteiger charge is -2.49. The molecule has 0 amide bonds. The van der Waals surface area contributed by atoms with Gasteiger partial charge in [0.2, 0.25) is 0 Å². The Kier molecular flexibility index (Phi) is 5.24. The molecule has 21 heavy (non-hydrogen) atoms. The van der Waals surface area contributed by atoms with E-state index in [9.17, 15) is 0 Å². The van der Waals surface area contributed by atoms with Crippen LogP contribution in [0, 0.1) is 10.8 Å². The molecule has 0 aliphatic carbocycles. The van der Waals surface area contributed by atoms with Crippen molar-refractivity contribution in [3.8, 4) is 0 Å². The smallest absolute Gasteiger partial charge is 0.0701 e. The number of hydrogen-bond donors (Lipinski definition) is 1. The molecule has 1 aromatic rings. The fourth-order valence-electron chi connectivity index (χ4n) is 3.05. The quantitative estimate of drug-likeness (QED) is 0.805. The summed E-state index contributed by atoms with van der Waals surface area (Å²) < 4.78 is 1.23. The first-order valence-electron chi connectivity index (χ1n) is 7.79. The van der Waals surface area contributed by atoms with E-state index in [1.54, 1.807) is 0 Å². The van der Waals surface area contributed by atoms with Gasteiger partial charge in [0.25, 0.3) is 0 Å². The van der Waals surface area contributed by atoms with Crippen LogP contribution in [0.25, 0.3) is 0 Å². The number of thiophene rings is 1. The first-order chi connectivity index (χ1) is 9.57. The maximum Gasteiger partial charge on any atom is 0.0701 e. The maximum atomic E-state index is 3.79. The molecule has 0 spiro atoms. The van der Waals surface area contributed by atoms with Gasteiger partial charge < -0.3 is 5.32 Å². The Morgan fingerprint density at radius 1 is 1.19 bits per heavy atom. The van der Waals surface area contributed by atoms with Crippen LogP contribution in [-0.4, -0.2) is 30.1 Å². The van der Waals surface area contributed by atoms with Crippen LogP contribution in [0.15, 0.2) is 15.9 Å². The van der Waals surface area contributed by atoms with Gasteiger partial charge in [-0.05, 0) is 38.9 Å². The summed E-state index contributed by atoms with van der Waals surface area (Å²) >= 11 is 5.44. The molecule has 1 N–H and O–H groups in total. The Hall–Kier alpha value is 0.1000. The zero-order valence-electron chi connectivity index (χ0n) is 14.2. The average Bonchev–Trinajstić information content (AvgIpc) is 2.72. The predicted octanol–water partition coefficient (Wildman–Crippen LogP) is 4.75. The number of nitrogens with zero attached hydrogens (tertiary/aromatic N) is 1. The molecule has 2 heterocycles. The summed E-state index contributed by atoms with van der Waals surface area (Å²) in [6.07, 6.45) is 0. The second-order valence-electron chi connectivity index (χ2n) is 8.34. The van der Waals surface area contributed by atoms with Crippen molar-refractivity contribution in [1.29, 1.82) is 0 Å². The normalized spacial score (nSPS) is 25.3. The molecule has 2 rings (SSSR count). The van der Waals surface area contributed by atoms with E-state index in [4.69, 9.17) is 0 Å². The lowest BCUT2D eigenvalue weighted by Crippen LogP contribution is -2.63. The second-order valence-corrected chi connectivity index (χ2v) is 10.9. The third-order valence-corrected chi connectivity index (χ3v) is 6.06. The molecule has 1 aliphatic rings. The van der Waals surface area contributed by atoms with Crippen LogP contribution in [0.3, 0.4) is 0 Å². The van der Waals surface area contributed by atoms with Crippen LogP contribution in [-0.2, 0) is 6.54 Å². The van der Waals surface area contributed by atoms with Crippen LogP contribution in [0.1, 0.15) is 46.4 Å². The molecule has 0 radical (unpaired) electrons. The number of piperazine rings is 1. The molecule has 0 aromatic carbocycles. The lowest BCUT2D eigenvalue weighted by molar-refractivity contribution is 0.0255. The van der Waals surface area contributed by atoms with Crippen molar-refractivity contribution in [1.82, 2.24) is 10.2 Å². The SMILES string of the molecule is CC(C)(C)C1CN(Cc2ccc(Br)s2)C(C(C)(C)C)CN1. The highest BCUT2D eigenvalue weighted by Crippen LogP contribution is 2.33. The van der Waals surface area contributed by atoms with E-state index in [0.717, 1.165) is 19.6 Å². The van der Waals surface area contributed by atoms with Crippen molar-refractivity contribution in [2.45, 2.75) is 60.2 Å². The second kappa shape index (κ2) is 6.31. The van der Waals surface area contributed by atoms with Crippen LogP contribution in [0.5, 0.6) is 0 Å². The van der Waals surface area contributed by atoms with E-state index in [2.05, 4.69) is 79.8 Å². The first kappa shape index (κ1) is 17.5. The molecule has 2 atom stereocenters. The van der Waals surface area contributed by atoms with Gasteiger partial charge in [0, 0.05) is 36.6 Å². The van der Waals surface area contributed by atoms with Crippen molar-refractivity contribution >= 4 is 27.3 Å². The van der Waals surface area contributed by atoms with Gasteiger partial charge >= 0.3 is 0 Å². The molecule has 0 saturated carbocycles. The Labute approximate surface area is 142 Å². The summed E-state index contributed by atoms with van der Waals surface area (Å²) in [5.41, 5.74) is 0.599. The van der Waals surface area contributed by atoms with Crippen LogP contribution in [0.2, 0.25) is 0 Å². The van der Waals surface area contributed by atoms with Crippen molar-refractivity contribution in [2.75, 3.05) is 13.1 Å². The van der Waals surface area contributed by atoms with Crippen LogP contribution >= 0.6 is 27.3 Å². The molecule has 4 heteroatoms. The molecule has 1 saturated heterocycles. The number of nitrogens with one attached hydrogen (secondary N) is 1. The topological polar surface area (TPSA) is 15.3 Å². The molecular formula is C17H29BrN2S. The van der Waals surface area contributed by atoms with E-state index >= 15 is 0 Å². The zero-order valence-corrected chi connectivity index (χ0v) is 16.6. The van der Waals surface area contributed by atoms with E-state index in [1.165, 1.54) is 8.66 Å². The van der Waals surface area contributed by atoms with Gasteiger partial charge in [-0.3, -0.25) is 4.90 Å². The Bertz CT molecular complexity index is 470. The summed E-state index contributed by atoms with van der Waals surface area (Å²) in [5.74, 6) is 0. The summed E-state index contributed by atoms with van der Waals surface area (Å²) in [5, 5.41) is 3.79. The first-order valence-corrected chi connectivity index (χ1v) is 9.40. The number of rotatable bonds is 2. The van der Waals surface area contributed by atoms with Gasteiger partial charge in [-0.1, -0.05) is 41.5 Å². The standard InChI is InChI=1S/C17H29BrN2S/c1-16(2,3)13-11-20(10-12-7-8-15(18)21-12)14(9-19-13)17(4,5)6/h7-8,13-14,19H,9-11H2,1-6H3. The van der Waals surface area contributed by atoms with Gasteiger partial charge in [-0.2, -0.15) is 0 Å². The predicted molar refractivity (Wildman–Crippen MR) is 96.9 cm³/mol. The summed E-state index contributed by atoms with van der Waals surface area (Å²) in [4.78, 5) is 4.13. The molecule has 1 aliphatic heterocycles. The van der Waals surface area contributed by atoms with Crippen molar-refractivity contribution in [3.63, 3.8) is 0 Å². The molecule has 0 bridgehead atoms. The fraction of sp³-hybridized carbons (Fsp3) is 0.765. The van der Waals surface area contributed by atoms with Gasteiger partial charge in [0.15, 0.2) is 0 Å². The van der Waals surface area contributed by atoms with E-state index in [-0.39, 0.29) is 0 Å². The Morgan fingerprint density at radius 3 is 2.33 bits per heavy atom. The van der Waals surface area contributed by atoms with E-state index in [1.807, 2.05) is 11.3 Å². The molecule has 120 valence electrons. The monoisotopic (exact) mass is 372 g/mol. The van der Waals surface area contributed by atoms with Crippen molar-refractivity contribution < 1.29 is 0 Å². The minimum Gasteiger partial charge on any atom is -0.311 e. The molecular weight excluding hydrogens is 344 g/mol. The summed E-state index contributed by atoms with van der Waals surface area (Å²) in [7, 11) is 0. The maximum absolute atomic E-state index is 3.79. The van der Waals surface area contributed by atoms with Gasteiger partial charge in [0.05, 0.1) is 3.79 Å². The third-order valence-electron chi connectivity index (χ3n) is 4.45. The molecule has 1 aromatic heterocycles. The fourth-order valence-corrected chi connectivity index (χ4v) is 4.56. The van der Waals surface area contributed by atoms with Gasteiger partial charge in [0.1, 0.15) is 0 Å². The Morgan fingerprint density at radius 2 is 1.86 bits per heavy atom. The van der Waals surface area contributed by atoms with Crippen molar-refractivity contribution in [3.05, 3.63) is 20.8 Å². The number of hydrogen-bond acceptors (Lipinski definition) is 3. The largest absolute Gasteiger partial charge is 0.311 e. The zero-order chi connectivity index (χ0) is 15.8. The highest BCUT2D eigenvalue weighted by Gasteiger charge is 2.38. The average molecular weight is 373 g/mol. The third kappa shape index (κ3) is 4.54. The van der Waals surface area contributed by atoms with E-state index < -0.39 is 0 Å². The highest BCUT2D eigenvalue weighted by atomic mass is 79.9. The molecule has 2 nitrogen and oxygen atoms in total. The van der Waals surface area contributed by atoms with Crippen LogP contribution in [0.4, 0.5) is 0 Å². The van der Waals surface area contributed by atoms with Crippen molar-refractivity contribution in [2.24, 2.45) is 10.8 Å². The molecule has 1 fully saturated rings. The lowest BCUT2D eigenvalue weighted by atomic mass is 9.79.